The largest absolute Gasteiger partial charge is 0.458 e. The van der Waals surface area contributed by atoms with E-state index in [1.54, 1.807) is 12.1 Å². The van der Waals surface area contributed by atoms with Crippen molar-refractivity contribution in [1.29, 1.82) is 0 Å². The van der Waals surface area contributed by atoms with E-state index in [-0.39, 0.29) is 0 Å². The topological polar surface area (TPSA) is 30.2 Å². The Labute approximate surface area is 47.1 Å². The zero-order chi connectivity index (χ0) is 5.98. The molecule has 1 aromatic heterocycles. The van der Waals surface area contributed by atoms with Crippen LogP contribution >= 0.6 is 0 Å². The first-order valence-corrected chi connectivity index (χ1v) is 2.20. The van der Waals surface area contributed by atoms with E-state index >= 15 is 0 Å². The van der Waals surface area contributed by atoms with Gasteiger partial charge in [-0.3, -0.25) is 4.79 Å². The number of hydrogen-bond donors (Lipinski definition) is 0. The lowest BCUT2D eigenvalue weighted by atomic mass is 10.5. The standard InChI is InChI=1S/C6H5O2/c1-5-2-3-6(4-7)8-5/h2-4H,1H2. The average molecular weight is 109 g/mol. The van der Waals surface area contributed by atoms with Gasteiger partial charge in [0, 0.05) is 6.92 Å². The predicted molar refractivity (Wildman–Crippen MR) is 28.6 cm³/mol. The smallest absolute Gasteiger partial charge is 0.185 e. The molecule has 0 N–H and O–H groups in total. The average Bonchev–Trinajstić information content (AvgIpc) is 2.14. The van der Waals surface area contributed by atoms with Crippen LogP contribution in [0.1, 0.15) is 16.3 Å². The van der Waals surface area contributed by atoms with Crippen LogP contribution < -0.4 is 0 Å². The van der Waals surface area contributed by atoms with Crippen molar-refractivity contribution in [2.45, 2.75) is 0 Å². The van der Waals surface area contributed by atoms with Crippen molar-refractivity contribution in [3.8, 4) is 0 Å². The van der Waals surface area contributed by atoms with Crippen molar-refractivity contribution in [3.05, 3.63) is 30.6 Å². The zero-order valence-electron chi connectivity index (χ0n) is 4.26. The molecule has 0 aromatic carbocycles. The summed E-state index contributed by atoms with van der Waals surface area (Å²) < 4.78 is 4.75. The first-order chi connectivity index (χ1) is 3.83. The highest BCUT2D eigenvalue weighted by atomic mass is 16.3. The molecule has 0 unspecified atom stereocenters. The Hall–Kier alpha value is -1.05. The molecule has 0 atom stereocenters. The quantitative estimate of drug-likeness (QED) is 0.508. The first kappa shape index (κ1) is 5.09. The Kier molecular flexibility index (Phi) is 1.16. The lowest BCUT2D eigenvalue weighted by Gasteiger charge is -1.75. The van der Waals surface area contributed by atoms with E-state index in [0.717, 1.165) is 0 Å². The van der Waals surface area contributed by atoms with Crippen molar-refractivity contribution in [2.75, 3.05) is 0 Å². The second-order valence-corrected chi connectivity index (χ2v) is 1.42. The van der Waals surface area contributed by atoms with Gasteiger partial charge in [-0.15, -0.1) is 0 Å². The number of carbonyl (C=O) groups excluding carboxylic acids is 1. The van der Waals surface area contributed by atoms with Crippen molar-refractivity contribution >= 4 is 6.29 Å². The maximum Gasteiger partial charge on any atom is 0.185 e. The minimum atomic E-state index is 0.329. The minimum Gasteiger partial charge on any atom is -0.458 e. The molecule has 1 rings (SSSR count). The summed E-state index contributed by atoms with van der Waals surface area (Å²) in [5.41, 5.74) is 0. The van der Waals surface area contributed by atoms with Gasteiger partial charge in [-0.05, 0) is 12.1 Å². The normalized spacial score (nSPS) is 9.12. The van der Waals surface area contributed by atoms with Crippen LogP contribution in [0.25, 0.3) is 0 Å². The van der Waals surface area contributed by atoms with Gasteiger partial charge in [0.15, 0.2) is 12.0 Å². The number of carbonyl (C=O) groups is 1. The maximum absolute atomic E-state index is 9.90. The Morgan fingerprint density at radius 2 is 2.38 bits per heavy atom. The van der Waals surface area contributed by atoms with E-state index in [9.17, 15) is 4.79 Å². The molecule has 0 amide bonds. The number of aldehydes is 1. The second kappa shape index (κ2) is 1.82. The van der Waals surface area contributed by atoms with Crippen LogP contribution in [0.15, 0.2) is 16.5 Å². The van der Waals surface area contributed by atoms with Gasteiger partial charge in [-0.2, -0.15) is 0 Å². The van der Waals surface area contributed by atoms with Crippen molar-refractivity contribution in [3.63, 3.8) is 0 Å². The summed E-state index contributed by atoms with van der Waals surface area (Å²) >= 11 is 0. The summed E-state index contributed by atoms with van der Waals surface area (Å²) in [6.45, 7) is 3.46. The van der Waals surface area contributed by atoms with Crippen LogP contribution in [0.2, 0.25) is 0 Å². The molecule has 0 spiro atoms. The Morgan fingerprint density at radius 3 is 2.62 bits per heavy atom. The summed E-state index contributed by atoms with van der Waals surface area (Å²) in [7, 11) is 0. The lowest BCUT2D eigenvalue weighted by Crippen LogP contribution is -1.66. The SMILES string of the molecule is [CH2]c1ccc(C=O)o1. The number of hydrogen-bond acceptors (Lipinski definition) is 2. The fourth-order valence-corrected chi connectivity index (χ4v) is 0.458. The van der Waals surface area contributed by atoms with Crippen LogP contribution in [0.3, 0.4) is 0 Å². The first-order valence-electron chi connectivity index (χ1n) is 2.20. The van der Waals surface area contributed by atoms with Crippen LogP contribution in [0.4, 0.5) is 0 Å². The maximum atomic E-state index is 9.90. The molecule has 0 aliphatic heterocycles. The minimum absolute atomic E-state index is 0.329. The molecule has 0 aliphatic carbocycles. The fraction of sp³-hybridized carbons (Fsp3) is 0. The molecule has 1 heterocycles. The van der Waals surface area contributed by atoms with E-state index < -0.39 is 0 Å². The molecule has 0 bridgehead atoms. The third-order valence-electron chi connectivity index (χ3n) is 0.799. The molecule has 1 radical (unpaired) electrons. The molecule has 2 heteroatoms. The van der Waals surface area contributed by atoms with Gasteiger partial charge in [0.1, 0.15) is 5.76 Å². The summed E-state index contributed by atoms with van der Waals surface area (Å²) in [4.78, 5) is 9.90. The van der Waals surface area contributed by atoms with E-state index in [4.69, 9.17) is 4.42 Å². The molecule has 0 saturated heterocycles. The molecule has 0 saturated carbocycles. The van der Waals surface area contributed by atoms with Gasteiger partial charge in [-0.25, -0.2) is 0 Å². The van der Waals surface area contributed by atoms with Crippen LogP contribution in [-0.4, -0.2) is 6.29 Å². The van der Waals surface area contributed by atoms with Gasteiger partial charge in [-0.1, -0.05) is 0 Å². The van der Waals surface area contributed by atoms with E-state index in [2.05, 4.69) is 6.92 Å². The third kappa shape index (κ3) is 0.780. The molecule has 2 nitrogen and oxygen atoms in total. The van der Waals surface area contributed by atoms with Crippen molar-refractivity contribution in [2.24, 2.45) is 0 Å². The van der Waals surface area contributed by atoms with Crippen LogP contribution in [0, 0.1) is 6.92 Å². The number of rotatable bonds is 1. The molecule has 8 heavy (non-hydrogen) atoms. The highest BCUT2D eigenvalue weighted by molar-refractivity contribution is 5.70. The Morgan fingerprint density at radius 1 is 1.62 bits per heavy atom. The summed E-state index contributed by atoms with van der Waals surface area (Å²) in [5, 5.41) is 0. The highest BCUT2D eigenvalue weighted by Gasteiger charge is 1.91. The summed E-state index contributed by atoms with van der Waals surface area (Å²) in [5.74, 6) is 0.849. The predicted octanol–water partition coefficient (Wildman–Crippen LogP) is 1.27. The van der Waals surface area contributed by atoms with Gasteiger partial charge in [0.2, 0.25) is 0 Å². The fourth-order valence-electron chi connectivity index (χ4n) is 0.458. The molecule has 0 aliphatic rings. The number of furan rings is 1. The molecular formula is C6H5O2. The summed E-state index contributed by atoms with van der Waals surface area (Å²) in [6.07, 6.45) is 0.648. The van der Waals surface area contributed by atoms with E-state index in [1.165, 1.54) is 0 Å². The van der Waals surface area contributed by atoms with Crippen molar-refractivity contribution in [1.82, 2.24) is 0 Å². The van der Waals surface area contributed by atoms with Crippen LogP contribution in [-0.2, 0) is 0 Å². The Bertz CT molecular complexity index is 188. The molecule has 41 valence electrons. The van der Waals surface area contributed by atoms with Crippen molar-refractivity contribution < 1.29 is 9.21 Å². The highest BCUT2D eigenvalue weighted by Crippen LogP contribution is 2.01. The van der Waals surface area contributed by atoms with Gasteiger partial charge in [0.25, 0.3) is 0 Å². The van der Waals surface area contributed by atoms with E-state index in [1.807, 2.05) is 0 Å². The third-order valence-corrected chi connectivity index (χ3v) is 0.799. The van der Waals surface area contributed by atoms with Gasteiger partial charge in [0.05, 0.1) is 0 Å². The second-order valence-electron chi connectivity index (χ2n) is 1.42. The van der Waals surface area contributed by atoms with Gasteiger partial charge < -0.3 is 4.42 Å². The molecule has 1 aromatic rings. The molecular weight excluding hydrogens is 104 g/mol. The Balaban J connectivity index is 3.00. The zero-order valence-corrected chi connectivity index (χ0v) is 4.26. The van der Waals surface area contributed by atoms with Crippen LogP contribution in [0.5, 0.6) is 0 Å². The lowest BCUT2D eigenvalue weighted by molar-refractivity contribution is 0.110. The van der Waals surface area contributed by atoms with Gasteiger partial charge >= 0.3 is 0 Å². The summed E-state index contributed by atoms with van der Waals surface area (Å²) in [6, 6.07) is 3.22. The van der Waals surface area contributed by atoms with E-state index in [0.29, 0.717) is 17.8 Å². The monoisotopic (exact) mass is 109 g/mol. The molecule has 0 fully saturated rings.